The summed E-state index contributed by atoms with van der Waals surface area (Å²) in [5, 5.41) is 17.9. The molecule has 0 fully saturated rings. The van der Waals surface area contributed by atoms with Gasteiger partial charge in [-0.25, -0.2) is 0 Å². The number of ether oxygens (including phenoxy) is 2. The van der Waals surface area contributed by atoms with Crippen LogP contribution < -0.4 is 24.8 Å². The van der Waals surface area contributed by atoms with Crippen LogP contribution in [-0.4, -0.2) is 40.3 Å². The molecule has 0 atom stereocenters. The summed E-state index contributed by atoms with van der Waals surface area (Å²) >= 11 is -2.08. The van der Waals surface area contributed by atoms with Gasteiger partial charge in [0.15, 0.2) is 0 Å². The molecule has 0 bridgehead atoms. The van der Waals surface area contributed by atoms with Crippen LogP contribution in [0.15, 0.2) is 42.4 Å². The van der Waals surface area contributed by atoms with E-state index in [-0.39, 0.29) is 38.0 Å². The smallest absolute Gasteiger partial charge is 1.00 e. The van der Waals surface area contributed by atoms with Crippen LogP contribution in [-0.2, 0) is 30.7 Å². The van der Waals surface area contributed by atoms with Crippen molar-refractivity contribution in [2.24, 2.45) is 0 Å². The van der Waals surface area contributed by atoms with E-state index < -0.39 is 21.3 Å². The van der Waals surface area contributed by atoms with Crippen molar-refractivity contribution >= 4 is 3.71 Å². The average Bonchev–Trinajstić information content (AvgIpc) is 3.14. The van der Waals surface area contributed by atoms with Crippen molar-refractivity contribution in [2.75, 3.05) is 26.4 Å². The van der Waals surface area contributed by atoms with E-state index >= 15 is 0 Å². The SMILES string of the molecule is C[CH]=[Zr+2]([C]1=C(OCCO)C=CC1)[C]1=C(OCCO)C=CC1.[Cl-].[Cl-]. The van der Waals surface area contributed by atoms with Crippen LogP contribution in [0.1, 0.15) is 19.8 Å². The third-order valence-corrected chi connectivity index (χ3v) is 10.2. The van der Waals surface area contributed by atoms with E-state index in [1.165, 1.54) is 6.56 Å². The molecule has 0 saturated carbocycles. The van der Waals surface area contributed by atoms with Gasteiger partial charge in [-0.15, -0.1) is 0 Å². The van der Waals surface area contributed by atoms with Gasteiger partial charge in [-0.3, -0.25) is 0 Å². The van der Waals surface area contributed by atoms with E-state index in [2.05, 4.69) is 22.8 Å². The maximum absolute atomic E-state index is 8.93. The van der Waals surface area contributed by atoms with Gasteiger partial charge >= 0.3 is 133 Å². The van der Waals surface area contributed by atoms with Crippen LogP contribution in [0.3, 0.4) is 0 Å². The summed E-state index contributed by atoms with van der Waals surface area (Å²) in [6.07, 6.45) is 10.2. The second-order valence-electron chi connectivity index (χ2n) is 4.75. The predicted molar refractivity (Wildman–Crippen MR) is 79.4 cm³/mol. The molecule has 0 aromatic rings. The molecule has 0 spiro atoms. The second kappa shape index (κ2) is 12.2. The Morgan fingerprint density at radius 2 is 1.39 bits per heavy atom. The van der Waals surface area contributed by atoms with E-state index in [0.29, 0.717) is 13.2 Å². The molecule has 0 saturated heterocycles. The Morgan fingerprint density at radius 1 is 0.957 bits per heavy atom. The normalized spacial score (nSPS) is 15.0. The number of hydrogen-bond donors (Lipinski definition) is 2. The van der Waals surface area contributed by atoms with Gasteiger partial charge in [0.25, 0.3) is 0 Å². The van der Waals surface area contributed by atoms with Gasteiger partial charge in [0.1, 0.15) is 0 Å². The molecule has 0 radical (unpaired) electrons. The molecule has 0 aromatic carbocycles. The van der Waals surface area contributed by atoms with Crippen molar-refractivity contribution in [1.29, 1.82) is 0 Å². The first-order chi connectivity index (χ1) is 10.3. The Kier molecular flexibility index (Phi) is 12.1. The van der Waals surface area contributed by atoms with E-state index in [4.69, 9.17) is 19.7 Å². The number of aliphatic hydroxyl groups is 2. The zero-order chi connectivity index (χ0) is 15.1. The molecule has 2 aliphatic carbocycles. The minimum absolute atomic E-state index is 0. The Hall–Kier alpha value is -0.187. The van der Waals surface area contributed by atoms with Crippen LogP contribution in [0.2, 0.25) is 0 Å². The fourth-order valence-corrected chi connectivity index (χ4v) is 8.91. The molecular formula is C16H22Cl2O4Zr. The zero-order valence-electron chi connectivity index (χ0n) is 13.1. The Morgan fingerprint density at radius 3 is 1.74 bits per heavy atom. The van der Waals surface area contributed by atoms with Crippen molar-refractivity contribution in [2.45, 2.75) is 19.8 Å². The molecular weight excluding hydrogens is 418 g/mol. The van der Waals surface area contributed by atoms with Crippen molar-refractivity contribution < 1.29 is 65.8 Å². The molecule has 7 heteroatoms. The molecule has 0 aromatic heterocycles. The van der Waals surface area contributed by atoms with Gasteiger partial charge in [0.05, 0.1) is 0 Å². The largest absolute Gasteiger partial charge is 1.00 e. The molecule has 23 heavy (non-hydrogen) atoms. The van der Waals surface area contributed by atoms with Gasteiger partial charge in [-0.05, 0) is 0 Å². The van der Waals surface area contributed by atoms with E-state index in [1.54, 1.807) is 0 Å². The van der Waals surface area contributed by atoms with Crippen LogP contribution in [0.25, 0.3) is 0 Å². The van der Waals surface area contributed by atoms with Crippen molar-refractivity contribution in [3.63, 3.8) is 0 Å². The van der Waals surface area contributed by atoms with Crippen LogP contribution in [0.5, 0.6) is 0 Å². The van der Waals surface area contributed by atoms with Crippen LogP contribution in [0, 0.1) is 0 Å². The Labute approximate surface area is 157 Å². The van der Waals surface area contributed by atoms with Crippen molar-refractivity contribution in [3.05, 3.63) is 42.4 Å². The minimum atomic E-state index is -2.08. The third-order valence-electron chi connectivity index (χ3n) is 3.41. The predicted octanol–water partition coefficient (Wildman–Crippen LogP) is -4.20. The number of hydrogen-bond acceptors (Lipinski definition) is 4. The van der Waals surface area contributed by atoms with Gasteiger partial charge in [-0.2, -0.15) is 0 Å². The van der Waals surface area contributed by atoms with Crippen molar-refractivity contribution in [3.8, 4) is 0 Å². The summed E-state index contributed by atoms with van der Waals surface area (Å²) < 4.78 is 16.5. The van der Waals surface area contributed by atoms with E-state index in [1.807, 2.05) is 12.2 Å². The van der Waals surface area contributed by atoms with E-state index in [9.17, 15) is 0 Å². The summed E-state index contributed by atoms with van der Waals surface area (Å²) in [7, 11) is 0. The fourth-order valence-electron chi connectivity index (χ4n) is 2.57. The third kappa shape index (κ3) is 5.99. The number of halogens is 2. The maximum Gasteiger partial charge on any atom is -1.00 e. The molecule has 4 nitrogen and oxygen atoms in total. The van der Waals surface area contributed by atoms with Gasteiger partial charge < -0.3 is 24.8 Å². The molecule has 128 valence electrons. The summed E-state index contributed by atoms with van der Waals surface area (Å²) in [5.41, 5.74) is 0. The first-order valence-corrected chi connectivity index (χ1v) is 11.1. The van der Waals surface area contributed by atoms with Gasteiger partial charge in [0, 0.05) is 0 Å². The Bertz CT molecular complexity index is 492. The molecule has 2 aliphatic rings. The second-order valence-corrected chi connectivity index (χ2v) is 11.2. The molecule has 0 unspecified atom stereocenters. The molecule has 2 N–H and O–H groups in total. The molecule has 0 amide bonds. The summed E-state index contributed by atoms with van der Waals surface area (Å²) in [6.45, 7) is 2.88. The molecule has 0 aliphatic heterocycles. The summed E-state index contributed by atoms with van der Waals surface area (Å²) in [5.74, 6) is 1.88. The van der Waals surface area contributed by atoms with Gasteiger partial charge in [0.2, 0.25) is 0 Å². The van der Waals surface area contributed by atoms with Crippen LogP contribution >= 0.6 is 0 Å². The van der Waals surface area contributed by atoms with E-state index in [0.717, 1.165) is 24.4 Å². The summed E-state index contributed by atoms with van der Waals surface area (Å²) in [6, 6.07) is 0. The average molecular weight is 440 g/mol. The van der Waals surface area contributed by atoms with Crippen molar-refractivity contribution in [1.82, 2.24) is 0 Å². The Balaban J connectivity index is 0.00000242. The molecule has 2 rings (SSSR count). The van der Waals surface area contributed by atoms with Crippen LogP contribution in [0.4, 0.5) is 0 Å². The maximum atomic E-state index is 8.93. The monoisotopic (exact) mass is 438 g/mol. The zero-order valence-corrected chi connectivity index (χ0v) is 17.1. The number of aliphatic hydroxyl groups excluding tert-OH is 2. The minimum Gasteiger partial charge on any atom is -1.00 e. The molecule has 0 heterocycles. The first-order valence-electron chi connectivity index (χ1n) is 7.25. The first kappa shape index (κ1) is 22.8. The standard InChI is InChI=1S/2C7H9O2.C2H4.2ClH.Zr/c2*8-5-6-9-7-3-1-2-4-7;1-2;;;/h2*1,3,8H,2,5-6H2;1H,2H3;2*1H;/q;;;;;+2/p-2. The topological polar surface area (TPSA) is 58.9 Å². The quantitative estimate of drug-likeness (QED) is 0.402. The summed E-state index contributed by atoms with van der Waals surface area (Å²) in [4.78, 5) is 0. The fraction of sp³-hybridized carbons (Fsp3) is 0.438. The van der Waals surface area contributed by atoms with Gasteiger partial charge in [-0.1, -0.05) is 0 Å². The number of allylic oxidation sites excluding steroid dienone is 6. The number of rotatable bonds is 8.